The molecule has 11 heteroatoms. The highest BCUT2D eigenvalue weighted by molar-refractivity contribution is 6.08. The number of unbranched alkanes of at least 4 members (excludes halogenated alkanes) is 1. The molecule has 40 heavy (non-hydrogen) atoms. The van der Waals surface area contributed by atoms with E-state index in [9.17, 15) is 19.5 Å². The molecule has 2 aromatic carbocycles. The van der Waals surface area contributed by atoms with Crippen molar-refractivity contribution in [2.24, 2.45) is 0 Å². The molecule has 0 bridgehead atoms. The summed E-state index contributed by atoms with van der Waals surface area (Å²) in [4.78, 5) is 37.6. The fourth-order valence-electron chi connectivity index (χ4n) is 3.70. The van der Waals surface area contributed by atoms with E-state index in [1.807, 2.05) is 36.4 Å². The van der Waals surface area contributed by atoms with E-state index in [0.29, 0.717) is 35.8 Å². The Bertz CT molecular complexity index is 1160. The van der Waals surface area contributed by atoms with Crippen LogP contribution in [-0.4, -0.2) is 67.9 Å². The van der Waals surface area contributed by atoms with Crippen LogP contribution in [0, 0.1) is 0 Å². The number of allylic oxidation sites excluding steroid dienone is 1. The summed E-state index contributed by atoms with van der Waals surface area (Å²) < 4.78 is 36.6. The van der Waals surface area contributed by atoms with Gasteiger partial charge in [-0.15, -0.1) is 0 Å². The predicted octanol–water partition coefficient (Wildman–Crippen LogP) is 3.81. The lowest BCUT2D eigenvalue weighted by molar-refractivity contribution is -0.208. The quantitative estimate of drug-likeness (QED) is 0.148. The van der Waals surface area contributed by atoms with E-state index in [2.05, 4.69) is 0 Å². The van der Waals surface area contributed by atoms with E-state index in [-0.39, 0.29) is 33.2 Å². The SMILES string of the molecule is CCOC(=O)C(OCCCC=Cc1ccc(Oc2ccc3c(c2)OCO3)cc1)C(O)(C(=O)OCC)C(=O)OCC. The molecule has 3 rings (SSSR count). The van der Waals surface area contributed by atoms with Crippen molar-refractivity contribution in [2.75, 3.05) is 33.2 Å². The number of hydrogen-bond donors (Lipinski definition) is 1. The van der Waals surface area contributed by atoms with Crippen molar-refractivity contribution in [1.82, 2.24) is 0 Å². The summed E-state index contributed by atoms with van der Waals surface area (Å²) in [5.41, 5.74) is -2.07. The zero-order valence-electron chi connectivity index (χ0n) is 22.8. The van der Waals surface area contributed by atoms with Crippen LogP contribution < -0.4 is 14.2 Å². The first-order chi connectivity index (χ1) is 19.3. The van der Waals surface area contributed by atoms with Gasteiger partial charge in [0.15, 0.2) is 11.5 Å². The van der Waals surface area contributed by atoms with Gasteiger partial charge in [-0.25, -0.2) is 14.4 Å². The average molecular weight is 559 g/mol. The van der Waals surface area contributed by atoms with Gasteiger partial charge >= 0.3 is 17.9 Å². The van der Waals surface area contributed by atoms with Gasteiger partial charge in [-0.1, -0.05) is 24.3 Å². The van der Waals surface area contributed by atoms with Crippen LogP contribution in [-0.2, 0) is 33.3 Å². The molecule has 0 amide bonds. The Labute approximate surface area is 232 Å². The molecule has 2 aromatic rings. The van der Waals surface area contributed by atoms with Gasteiger partial charge in [-0.05, 0) is 63.4 Å². The largest absolute Gasteiger partial charge is 0.464 e. The normalized spacial score (nSPS) is 13.1. The van der Waals surface area contributed by atoms with Crippen LogP contribution in [0.4, 0.5) is 0 Å². The monoisotopic (exact) mass is 558 g/mol. The van der Waals surface area contributed by atoms with Crippen LogP contribution in [0.1, 0.15) is 39.2 Å². The molecule has 0 saturated heterocycles. The molecular weight excluding hydrogens is 524 g/mol. The molecule has 1 aliphatic heterocycles. The third kappa shape index (κ3) is 7.73. The number of aliphatic hydroxyl groups is 1. The van der Waals surface area contributed by atoms with Gasteiger partial charge in [-0.2, -0.15) is 0 Å². The maximum absolute atomic E-state index is 12.5. The van der Waals surface area contributed by atoms with Gasteiger partial charge in [0.1, 0.15) is 11.5 Å². The van der Waals surface area contributed by atoms with Crippen molar-refractivity contribution in [3.8, 4) is 23.0 Å². The number of esters is 3. The maximum Gasteiger partial charge on any atom is 0.353 e. The second-order valence-electron chi connectivity index (χ2n) is 8.44. The molecule has 0 saturated carbocycles. The number of hydrogen-bond acceptors (Lipinski definition) is 11. The van der Waals surface area contributed by atoms with E-state index in [1.165, 1.54) is 13.8 Å². The second-order valence-corrected chi connectivity index (χ2v) is 8.44. The molecule has 1 heterocycles. The molecule has 0 spiro atoms. The topological polar surface area (TPSA) is 136 Å². The van der Waals surface area contributed by atoms with Gasteiger partial charge in [0.05, 0.1) is 19.8 Å². The maximum atomic E-state index is 12.5. The third-order valence-corrected chi connectivity index (χ3v) is 5.62. The zero-order chi connectivity index (χ0) is 29.0. The first kappa shape index (κ1) is 30.5. The van der Waals surface area contributed by atoms with Gasteiger partial charge in [0.25, 0.3) is 5.60 Å². The first-order valence-corrected chi connectivity index (χ1v) is 13.0. The minimum Gasteiger partial charge on any atom is -0.464 e. The lowest BCUT2D eigenvalue weighted by Gasteiger charge is -2.30. The molecular formula is C29H34O11. The van der Waals surface area contributed by atoms with Gasteiger partial charge in [-0.3, -0.25) is 0 Å². The molecule has 11 nitrogen and oxygen atoms in total. The molecule has 0 aliphatic carbocycles. The van der Waals surface area contributed by atoms with Gasteiger partial charge < -0.3 is 38.3 Å². The Kier molecular flexibility index (Phi) is 11.3. The van der Waals surface area contributed by atoms with Crippen molar-refractivity contribution >= 4 is 24.0 Å². The Morgan fingerprint density at radius 1 is 0.900 bits per heavy atom. The van der Waals surface area contributed by atoms with Crippen LogP contribution in [0.25, 0.3) is 6.08 Å². The van der Waals surface area contributed by atoms with Crippen LogP contribution in [0.2, 0.25) is 0 Å². The number of carbonyl (C=O) groups is 3. The van der Waals surface area contributed by atoms with Crippen molar-refractivity contribution < 1.29 is 52.6 Å². The fraction of sp³-hybridized carbons (Fsp3) is 0.414. The summed E-state index contributed by atoms with van der Waals surface area (Å²) in [6.07, 6.45) is 2.81. The molecule has 0 fully saturated rings. The number of benzene rings is 2. The van der Waals surface area contributed by atoms with E-state index in [4.69, 9.17) is 33.2 Å². The summed E-state index contributed by atoms with van der Waals surface area (Å²) in [5.74, 6) is -1.17. The van der Waals surface area contributed by atoms with Crippen molar-refractivity contribution in [2.45, 2.75) is 45.3 Å². The lowest BCUT2D eigenvalue weighted by atomic mass is 9.96. The van der Waals surface area contributed by atoms with Crippen LogP contribution >= 0.6 is 0 Å². The second kappa shape index (κ2) is 14.9. The summed E-state index contributed by atoms with van der Waals surface area (Å²) >= 11 is 0. The number of carbonyl (C=O) groups excluding carboxylic acids is 3. The van der Waals surface area contributed by atoms with E-state index < -0.39 is 29.6 Å². The fourth-order valence-corrected chi connectivity index (χ4v) is 3.70. The molecule has 1 atom stereocenters. The van der Waals surface area contributed by atoms with E-state index in [0.717, 1.165) is 5.56 Å². The highest BCUT2D eigenvalue weighted by Crippen LogP contribution is 2.36. The third-order valence-electron chi connectivity index (χ3n) is 5.62. The van der Waals surface area contributed by atoms with E-state index >= 15 is 0 Å². The molecule has 1 aliphatic rings. The molecule has 0 aromatic heterocycles. The lowest BCUT2D eigenvalue weighted by Crippen LogP contribution is -2.61. The average Bonchev–Trinajstić information content (AvgIpc) is 3.41. The Morgan fingerprint density at radius 3 is 2.17 bits per heavy atom. The molecule has 0 radical (unpaired) electrons. The summed E-state index contributed by atoms with van der Waals surface area (Å²) in [7, 11) is 0. The standard InChI is InChI=1S/C29H34O11/c1-4-34-26(30)25(29(33,27(31)35-5-2)28(32)36-6-3)37-17-9-7-8-10-20-11-13-21(14-12-20)40-22-15-16-23-24(18-22)39-19-38-23/h8,10-16,18,25,33H,4-7,9,17,19H2,1-3H3. The highest BCUT2D eigenvalue weighted by Gasteiger charge is 2.58. The van der Waals surface area contributed by atoms with Crippen molar-refractivity contribution in [3.63, 3.8) is 0 Å². The van der Waals surface area contributed by atoms with Gasteiger partial charge in [0.2, 0.25) is 12.9 Å². The van der Waals surface area contributed by atoms with Crippen molar-refractivity contribution in [1.29, 1.82) is 0 Å². The summed E-state index contributed by atoms with van der Waals surface area (Å²) in [6, 6.07) is 12.8. The van der Waals surface area contributed by atoms with Crippen LogP contribution in [0.3, 0.4) is 0 Å². The van der Waals surface area contributed by atoms with E-state index in [1.54, 1.807) is 25.1 Å². The molecule has 1 N–H and O–H groups in total. The van der Waals surface area contributed by atoms with Crippen molar-refractivity contribution in [3.05, 3.63) is 54.1 Å². The predicted molar refractivity (Wildman–Crippen MR) is 142 cm³/mol. The minimum absolute atomic E-state index is 0.0519. The highest BCUT2D eigenvalue weighted by atomic mass is 16.7. The summed E-state index contributed by atoms with van der Waals surface area (Å²) in [5, 5.41) is 11.0. The minimum atomic E-state index is -3.00. The van der Waals surface area contributed by atoms with Crippen LogP contribution in [0.5, 0.6) is 23.0 Å². The Morgan fingerprint density at radius 2 is 1.52 bits per heavy atom. The summed E-state index contributed by atoms with van der Waals surface area (Å²) in [6.45, 7) is 4.36. The molecule has 216 valence electrons. The number of rotatable bonds is 15. The number of ether oxygens (including phenoxy) is 7. The zero-order valence-corrected chi connectivity index (χ0v) is 22.8. The Balaban J connectivity index is 1.54. The first-order valence-electron chi connectivity index (χ1n) is 13.0. The van der Waals surface area contributed by atoms with Gasteiger partial charge in [0, 0.05) is 12.7 Å². The Hall–Kier alpha value is -4.09. The van der Waals surface area contributed by atoms with Crippen LogP contribution in [0.15, 0.2) is 48.5 Å². The smallest absolute Gasteiger partial charge is 0.353 e. The number of fused-ring (bicyclic) bond motifs is 1. The molecule has 1 unspecified atom stereocenters.